The van der Waals surface area contributed by atoms with E-state index in [1.165, 1.54) is 14.1 Å². The van der Waals surface area contributed by atoms with Gasteiger partial charge in [-0.15, -0.1) is 0 Å². The van der Waals surface area contributed by atoms with Gasteiger partial charge in [0, 0.05) is 19.8 Å². The summed E-state index contributed by atoms with van der Waals surface area (Å²) >= 11 is 0. The summed E-state index contributed by atoms with van der Waals surface area (Å²) < 4.78 is 28.7. The number of nitrogens with zero attached hydrogens (tertiary/aromatic N) is 1. The van der Waals surface area contributed by atoms with Crippen LogP contribution in [0.5, 0.6) is 0 Å². The molecule has 0 saturated heterocycles. The Morgan fingerprint density at radius 1 is 1.27 bits per heavy atom. The highest BCUT2D eigenvalue weighted by atomic mass is 32.2. The van der Waals surface area contributed by atoms with Crippen LogP contribution in [0.2, 0.25) is 0 Å². The Bertz CT molecular complexity index is 640. The monoisotopic (exact) mass is 328 g/mol. The van der Waals surface area contributed by atoms with E-state index in [4.69, 9.17) is 4.74 Å². The van der Waals surface area contributed by atoms with Gasteiger partial charge in [0.1, 0.15) is 0 Å². The maximum Gasteiger partial charge on any atom is 0.307 e. The molecule has 1 aromatic rings. The van der Waals surface area contributed by atoms with Gasteiger partial charge in [0.25, 0.3) is 5.91 Å². The Hall–Kier alpha value is -1.93. The first-order valence-corrected chi connectivity index (χ1v) is 8.24. The Kier molecular flexibility index (Phi) is 6.51. The van der Waals surface area contributed by atoms with Crippen molar-refractivity contribution >= 4 is 27.6 Å². The summed E-state index contributed by atoms with van der Waals surface area (Å²) in [7, 11) is -0.683. The standard InChI is InChI=1S/C14H20N2O5S/c1-11-5-4-6-12(9-11)15-13(17)10-21-14(18)7-8-22(19,20)16(2)3/h4-6,9H,7-8,10H2,1-3H3,(H,15,17). The van der Waals surface area contributed by atoms with Crippen molar-refractivity contribution in [3.63, 3.8) is 0 Å². The molecule has 0 bridgehead atoms. The molecule has 1 rings (SSSR count). The van der Waals surface area contributed by atoms with Crippen molar-refractivity contribution in [1.29, 1.82) is 0 Å². The molecule has 0 aliphatic rings. The molecular formula is C14H20N2O5S. The molecule has 0 aliphatic carbocycles. The van der Waals surface area contributed by atoms with Gasteiger partial charge in [-0.1, -0.05) is 12.1 Å². The number of carbonyl (C=O) groups excluding carboxylic acids is 2. The zero-order valence-corrected chi connectivity index (χ0v) is 13.6. The number of anilines is 1. The largest absolute Gasteiger partial charge is 0.456 e. The van der Waals surface area contributed by atoms with Crippen LogP contribution in [0.25, 0.3) is 0 Å². The highest BCUT2D eigenvalue weighted by Crippen LogP contribution is 2.09. The molecule has 0 spiro atoms. The van der Waals surface area contributed by atoms with Crippen molar-refractivity contribution in [2.45, 2.75) is 13.3 Å². The molecule has 0 saturated carbocycles. The maximum absolute atomic E-state index is 11.6. The minimum Gasteiger partial charge on any atom is -0.456 e. The molecule has 1 aromatic carbocycles. The highest BCUT2D eigenvalue weighted by molar-refractivity contribution is 7.89. The summed E-state index contributed by atoms with van der Waals surface area (Å²) in [5.74, 6) is -1.56. The lowest BCUT2D eigenvalue weighted by Gasteiger charge is -2.11. The Labute approximate surface area is 130 Å². The smallest absolute Gasteiger partial charge is 0.307 e. The second kappa shape index (κ2) is 7.90. The van der Waals surface area contributed by atoms with Crippen LogP contribution < -0.4 is 5.32 Å². The number of ether oxygens (including phenoxy) is 1. The van der Waals surface area contributed by atoms with Crippen LogP contribution in [0.1, 0.15) is 12.0 Å². The summed E-state index contributed by atoms with van der Waals surface area (Å²) in [5, 5.41) is 2.59. The lowest BCUT2D eigenvalue weighted by atomic mass is 10.2. The van der Waals surface area contributed by atoms with E-state index in [1.54, 1.807) is 18.2 Å². The van der Waals surface area contributed by atoms with Crippen molar-refractivity contribution in [2.75, 3.05) is 31.8 Å². The predicted octanol–water partition coefficient (Wildman–Crippen LogP) is 0.758. The molecule has 8 heteroatoms. The van der Waals surface area contributed by atoms with E-state index in [-0.39, 0.29) is 12.2 Å². The van der Waals surface area contributed by atoms with E-state index in [1.807, 2.05) is 13.0 Å². The van der Waals surface area contributed by atoms with Crippen molar-refractivity contribution < 1.29 is 22.7 Å². The molecule has 0 fully saturated rings. The van der Waals surface area contributed by atoms with Gasteiger partial charge in [-0.2, -0.15) is 0 Å². The number of hydrogen-bond donors (Lipinski definition) is 1. The number of esters is 1. The molecular weight excluding hydrogens is 308 g/mol. The molecule has 122 valence electrons. The molecule has 0 aromatic heterocycles. The quantitative estimate of drug-likeness (QED) is 0.746. The number of amides is 1. The van der Waals surface area contributed by atoms with Crippen LogP contribution in [0.15, 0.2) is 24.3 Å². The summed E-state index contributed by atoms with van der Waals surface area (Å²) in [4.78, 5) is 23.1. The Morgan fingerprint density at radius 2 is 1.95 bits per heavy atom. The van der Waals surface area contributed by atoms with Gasteiger partial charge in [0.05, 0.1) is 12.2 Å². The lowest BCUT2D eigenvalue weighted by Crippen LogP contribution is -2.27. The van der Waals surface area contributed by atoms with Gasteiger partial charge in [-0.3, -0.25) is 9.59 Å². The van der Waals surface area contributed by atoms with Gasteiger partial charge in [-0.05, 0) is 24.6 Å². The third-order valence-electron chi connectivity index (χ3n) is 2.79. The van der Waals surface area contributed by atoms with Crippen LogP contribution in [0.4, 0.5) is 5.69 Å². The zero-order valence-electron chi connectivity index (χ0n) is 12.8. The van der Waals surface area contributed by atoms with E-state index in [9.17, 15) is 18.0 Å². The fourth-order valence-electron chi connectivity index (χ4n) is 1.53. The number of benzene rings is 1. The Morgan fingerprint density at radius 3 is 2.55 bits per heavy atom. The number of hydrogen-bond acceptors (Lipinski definition) is 5. The van der Waals surface area contributed by atoms with E-state index in [0.29, 0.717) is 5.69 Å². The highest BCUT2D eigenvalue weighted by Gasteiger charge is 2.17. The van der Waals surface area contributed by atoms with Crippen LogP contribution >= 0.6 is 0 Å². The summed E-state index contributed by atoms with van der Waals surface area (Å²) in [6, 6.07) is 7.18. The van der Waals surface area contributed by atoms with Crippen LogP contribution in [0.3, 0.4) is 0 Å². The molecule has 0 heterocycles. The molecule has 22 heavy (non-hydrogen) atoms. The number of carbonyl (C=O) groups is 2. The number of nitrogens with one attached hydrogen (secondary N) is 1. The first-order chi connectivity index (χ1) is 10.2. The molecule has 7 nitrogen and oxygen atoms in total. The van der Waals surface area contributed by atoms with E-state index in [0.717, 1.165) is 9.87 Å². The predicted molar refractivity (Wildman–Crippen MR) is 82.9 cm³/mol. The SMILES string of the molecule is Cc1cccc(NC(=O)COC(=O)CCS(=O)(=O)N(C)C)c1. The van der Waals surface area contributed by atoms with Crippen molar-refractivity contribution in [2.24, 2.45) is 0 Å². The minimum absolute atomic E-state index is 0.293. The van der Waals surface area contributed by atoms with Crippen molar-refractivity contribution in [3.8, 4) is 0 Å². The average molecular weight is 328 g/mol. The Balaban J connectivity index is 2.36. The first-order valence-electron chi connectivity index (χ1n) is 6.63. The average Bonchev–Trinajstić information content (AvgIpc) is 2.43. The van der Waals surface area contributed by atoms with Crippen LogP contribution in [0, 0.1) is 6.92 Å². The molecule has 0 radical (unpaired) electrons. The fourth-order valence-corrected chi connectivity index (χ4v) is 2.32. The molecule has 0 unspecified atom stereocenters. The van der Waals surface area contributed by atoms with Crippen molar-refractivity contribution in [1.82, 2.24) is 4.31 Å². The molecule has 1 N–H and O–H groups in total. The fraction of sp³-hybridized carbons (Fsp3) is 0.429. The van der Waals surface area contributed by atoms with Gasteiger partial charge >= 0.3 is 5.97 Å². The zero-order chi connectivity index (χ0) is 16.8. The second-order valence-electron chi connectivity index (χ2n) is 4.93. The maximum atomic E-state index is 11.6. The first kappa shape index (κ1) is 18.1. The second-order valence-corrected chi connectivity index (χ2v) is 7.23. The van der Waals surface area contributed by atoms with Crippen molar-refractivity contribution in [3.05, 3.63) is 29.8 Å². The van der Waals surface area contributed by atoms with Gasteiger partial charge < -0.3 is 10.1 Å². The summed E-state index contributed by atoms with van der Waals surface area (Å²) in [6.45, 7) is 1.44. The third kappa shape index (κ3) is 6.23. The number of rotatable bonds is 7. The molecule has 1 amide bonds. The third-order valence-corrected chi connectivity index (χ3v) is 4.62. The van der Waals surface area contributed by atoms with Crippen LogP contribution in [-0.4, -0.2) is 51.1 Å². The molecule has 0 atom stereocenters. The minimum atomic E-state index is -3.45. The summed E-state index contributed by atoms with van der Waals surface area (Å²) in [5.41, 5.74) is 1.60. The van der Waals surface area contributed by atoms with Gasteiger partial charge in [-0.25, -0.2) is 12.7 Å². The number of sulfonamides is 1. The normalized spacial score (nSPS) is 11.3. The summed E-state index contributed by atoms with van der Waals surface area (Å²) in [6.07, 6.45) is -0.293. The van der Waals surface area contributed by atoms with E-state index < -0.39 is 28.5 Å². The van der Waals surface area contributed by atoms with Gasteiger partial charge in [0.15, 0.2) is 6.61 Å². The van der Waals surface area contributed by atoms with E-state index in [2.05, 4.69) is 5.32 Å². The van der Waals surface area contributed by atoms with E-state index >= 15 is 0 Å². The lowest BCUT2D eigenvalue weighted by molar-refractivity contribution is -0.146. The topological polar surface area (TPSA) is 92.8 Å². The number of aryl methyl sites for hydroxylation is 1. The molecule has 0 aliphatic heterocycles. The van der Waals surface area contributed by atoms with Crippen LogP contribution in [-0.2, 0) is 24.3 Å². The van der Waals surface area contributed by atoms with Gasteiger partial charge in [0.2, 0.25) is 10.0 Å².